The number of carbonyl (C=O) groups excluding carboxylic acids is 2. The molecule has 35 heavy (non-hydrogen) atoms. The molecule has 3 aromatic rings. The standard InChI is InChI=1S/C27H32N4O4/c1-18(2)34-26(32)22(28)17-20-10-12-24(35-27(33)31(3)4)21(16-20)23-14-15-29-25(30-23)13-11-19-8-6-5-7-9-19/h5-10,12,14-16,18,22H,11,13,17,28H2,1-4H3/t22-/m0/s1. The average Bonchev–Trinajstić information content (AvgIpc) is 2.84. The van der Waals surface area contributed by atoms with Gasteiger partial charge in [-0.2, -0.15) is 0 Å². The monoisotopic (exact) mass is 476 g/mol. The summed E-state index contributed by atoms with van der Waals surface area (Å²) in [5.41, 5.74) is 9.30. The maximum atomic E-state index is 12.3. The second kappa shape index (κ2) is 12.1. The van der Waals surface area contributed by atoms with Gasteiger partial charge in [-0.15, -0.1) is 0 Å². The molecule has 2 aromatic carbocycles. The van der Waals surface area contributed by atoms with E-state index in [-0.39, 0.29) is 12.5 Å². The highest BCUT2D eigenvalue weighted by Crippen LogP contribution is 2.31. The SMILES string of the molecule is CC(C)OC(=O)[C@@H](N)Cc1ccc(OC(=O)N(C)C)c(-c2ccnc(CCc3ccccc3)n2)c1. The summed E-state index contributed by atoms with van der Waals surface area (Å²) in [5.74, 6) is 0.576. The molecule has 0 spiro atoms. The smallest absolute Gasteiger partial charge is 0.414 e. The second-order valence-electron chi connectivity index (χ2n) is 8.73. The third-order valence-corrected chi connectivity index (χ3v) is 5.18. The fraction of sp³-hybridized carbons (Fsp3) is 0.333. The van der Waals surface area contributed by atoms with Crippen molar-refractivity contribution in [3.8, 4) is 17.0 Å². The van der Waals surface area contributed by atoms with Gasteiger partial charge in [0.25, 0.3) is 0 Å². The lowest BCUT2D eigenvalue weighted by Crippen LogP contribution is -2.35. The van der Waals surface area contributed by atoms with Gasteiger partial charge in [0.1, 0.15) is 17.6 Å². The van der Waals surface area contributed by atoms with Crippen molar-refractivity contribution in [1.29, 1.82) is 0 Å². The van der Waals surface area contributed by atoms with Gasteiger partial charge < -0.3 is 20.1 Å². The Bertz CT molecular complexity index is 1150. The van der Waals surface area contributed by atoms with Crippen LogP contribution in [-0.2, 0) is 28.8 Å². The van der Waals surface area contributed by atoms with Crippen LogP contribution in [0.25, 0.3) is 11.3 Å². The average molecular weight is 477 g/mol. The third kappa shape index (κ3) is 7.61. The van der Waals surface area contributed by atoms with Gasteiger partial charge in [-0.3, -0.25) is 4.79 Å². The zero-order valence-corrected chi connectivity index (χ0v) is 20.6. The zero-order chi connectivity index (χ0) is 25.4. The first-order valence-electron chi connectivity index (χ1n) is 11.6. The molecule has 0 saturated carbocycles. The van der Waals surface area contributed by atoms with Crippen LogP contribution >= 0.6 is 0 Å². The molecular weight excluding hydrogens is 444 g/mol. The van der Waals surface area contributed by atoms with E-state index in [1.165, 1.54) is 10.5 Å². The van der Waals surface area contributed by atoms with E-state index in [1.807, 2.05) is 24.3 Å². The van der Waals surface area contributed by atoms with Gasteiger partial charge in [-0.1, -0.05) is 36.4 Å². The number of nitrogens with two attached hydrogens (primary N) is 1. The second-order valence-corrected chi connectivity index (χ2v) is 8.73. The highest BCUT2D eigenvalue weighted by Gasteiger charge is 2.20. The van der Waals surface area contributed by atoms with Crippen molar-refractivity contribution < 1.29 is 19.1 Å². The lowest BCUT2D eigenvalue weighted by molar-refractivity contribution is -0.148. The molecule has 0 aliphatic rings. The number of esters is 1. The minimum atomic E-state index is -0.813. The number of nitrogens with zero attached hydrogens (tertiary/aromatic N) is 3. The number of aromatic nitrogens is 2. The first kappa shape index (κ1) is 25.8. The molecule has 1 atom stereocenters. The summed E-state index contributed by atoms with van der Waals surface area (Å²) in [6.45, 7) is 3.56. The van der Waals surface area contributed by atoms with E-state index in [0.717, 1.165) is 12.0 Å². The van der Waals surface area contributed by atoms with Crippen LogP contribution in [0.15, 0.2) is 60.8 Å². The van der Waals surface area contributed by atoms with Crippen molar-refractivity contribution in [3.05, 3.63) is 77.7 Å². The molecule has 1 heterocycles. The van der Waals surface area contributed by atoms with Gasteiger partial charge in [-0.25, -0.2) is 14.8 Å². The highest BCUT2D eigenvalue weighted by molar-refractivity contribution is 5.77. The Kier molecular flexibility index (Phi) is 8.92. The van der Waals surface area contributed by atoms with E-state index >= 15 is 0 Å². The number of carbonyl (C=O) groups is 2. The molecule has 0 bridgehead atoms. The van der Waals surface area contributed by atoms with Crippen molar-refractivity contribution in [3.63, 3.8) is 0 Å². The summed E-state index contributed by atoms with van der Waals surface area (Å²) in [7, 11) is 3.23. The van der Waals surface area contributed by atoms with E-state index in [4.69, 9.17) is 20.2 Å². The number of benzene rings is 2. The molecule has 8 heteroatoms. The maximum Gasteiger partial charge on any atom is 0.414 e. The molecule has 0 aliphatic carbocycles. The van der Waals surface area contributed by atoms with Crippen LogP contribution in [0.3, 0.4) is 0 Å². The Labute approximate surface area is 206 Å². The Morgan fingerprint density at radius 1 is 1.00 bits per heavy atom. The van der Waals surface area contributed by atoms with Crippen molar-refractivity contribution in [2.45, 2.75) is 45.3 Å². The lowest BCUT2D eigenvalue weighted by atomic mass is 10.0. The molecule has 8 nitrogen and oxygen atoms in total. The van der Waals surface area contributed by atoms with Crippen LogP contribution in [-0.4, -0.2) is 53.2 Å². The fourth-order valence-electron chi connectivity index (χ4n) is 3.41. The molecule has 184 valence electrons. The normalized spacial score (nSPS) is 11.7. The van der Waals surface area contributed by atoms with Crippen LogP contribution in [0.4, 0.5) is 4.79 Å². The van der Waals surface area contributed by atoms with Gasteiger partial charge in [-0.05, 0) is 56.0 Å². The van der Waals surface area contributed by atoms with Crippen molar-refractivity contribution in [1.82, 2.24) is 14.9 Å². The van der Waals surface area contributed by atoms with Crippen molar-refractivity contribution in [2.24, 2.45) is 5.73 Å². The Hall–Kier alpha value is -3.78. The molecule has 0 fully saturated rings. The van der Waals surface area contributed by atoms with E-state index in [1.54, 1.807) is 52.3 Å². The minimum absolute atomic E-state index is 0.243. The number of ether oxygens (including phenoxy) is 2. The number of hydrogen-bond acceptors (Lipinski definition) is 7. The summed E-state index contributed by atoms with van der Waals surface area (Å²) in [4.78, 5) is 34.9. The van der Waals surface area contributed by atoms with Crippen LogP contribution in [0, 0.1) is 0 Å². The van der Waals surface area contributed by atoms with E-state index in [0.29, 0.717) is 29.3 Å². The van der Waals surface area contributed by atoms with Gasteiger partial charge in [0.2, 0.25) is 0 Å². The van der Waals surface area contributed by atoms with Crippen LogP contribution in [0.1, 0.15) is 30.8 Å². The largest absolute Gasteiger partial charge is 0.462 e. The summed E-state index contributed by atoms with van der Waals surface area (Å²) >= 11 is 0. The van der Waals surface area contributed by atoms with Crippen LogP contribution in [0.5, 0.6) is 5.75 Å². The van der Waals surface area contributed by atoms with Gasteiger partial charge >= 0.3 is 12.1 Å². The molecule has 0 unspecified atom stereocenters. The first-order valence-corrected chi connectivity index (χ1v) is 11.6. The summed E-state index contributed by atoms with van der Waals surface area (Å²) in [5, 5.41) is 0. The van der Waals surface area contributed by atoms with E-state index < -0.39 is 18.1 Å². The Morgan fingerprint density at radius 2 is 1.74 bits per heavy atom. The summed E-state index contributed by atoms with van der Waals surface area (Å²) in [6, 6.07) is 16.4. The number of rotatable bonds is 9. The molecule has 2 N–H and O–H groups in total. The molecule has 3 rings (SSSR count). The number of amides is 1. The Balaban J connectivity index is 1.89. The molecule has 0 saturated heterocycles. The number of aryl methyl sites for hydroxylation is 2. The number of hydrogen-bond donors (Lipinski definition) is 1. The van der Waals surface area contributed by atoms with Crippen LogP contribution < -0.4 is 10.5 Å². The van der Waals surface area contributed by atoms with Crippen molar-refractivity contribution in [2.75, 3.05) is 14.1 Å². The Morgan fingerprint density at radius 3 is 2.43 bits per heavy atom. The molecule has 1 amide bonds. The molecule has 1 aromatic heterocycles. The minimum Gasteiger partial charge on any atom is -0.462 e. The lowest BCUT2D eigenvalue weighted by Gasteiger charge is -2.17. The van der Waals surface area contributed by atoms with Gasteiger partial charge in [0, 0.05) is 32.3 Å². The molecule has 0 aliphatic heterocycles. The fourth-order valence-corrected chi connectivity index (χ4v) is 3.41. The molecule has 0 radical (unpaired) electrons. The predicted octanol–water partition coefficient (Wildman–Crippen LogP) is 3.81. The molecular formula is C27H32N4O4. The van der Waals surface area contributed by atoms with E-state index in [2.05, 4.69) is 17.1 Å². The highest BCUT2D eigenvalue weighted by atomic mass is 16.6. The van der Waals surface area contributed by atoms with Crippen molar-refractivity contribution >= 4 is 12.1 Å². The van der Waals surface area contributed by atoms with Crippen LogP contribution in [0.2, 0.25) is 0 Å². The predicted molar refractivity (Wildman–Crippen MR) is 134 cm³/mol. The van der Waals surface area contributed by atoms with E-state index in [9.17, 15) is 9.59 Å². The quantitative estimate of drug-likeness (QED) is 0.468. The maximum absolute atomic E-state index is 12.3. The van der Waals surface area contributed by atoms with Gasteiger partial charge in [0.05, 0.1) is 11.8 Å². The van der Waals surface area contributed by atoms with Gasteiger partial charge in [0.15, 0.2) is 0 Å². The third-order valence-electron chi connectivity index (χ3n) is 5.18. The summed E-state index contributed by atoms with van der Waals surface area (Å²) in [6.07, 6.45) is 2.68. The first-order chi connectivity index (χ1) is 16.7. The zero-order valence-electron chi connectivity index (χ0n) is 20.6. The topological polar surface area (TPSA) is 108 Å². The summed E-state index contributed by atoms with van der Waals surface area (Å²) < 4.78 is 10.8.